The summed E-state index contributed by atoms with van der Waals surface area (Å²) >= 11 is 14.1. The van der Waals surface area contributed by atoms with Crippen molar-refractivity contribution >= 4 is 23.2 Å². The number of methoxy groups -OCH3 is 2. The van der Waals surface area contributed by atoms with Gasteiger partial charge in [0.25, 0.3) is 0 Å². The Balaban J connectivity index is 1.33. The Morgan fingerprint density at radius 3 is 1.43 bits per heavy atom. The Kier molecular flexibility index (Phi) is 9.37. The van der Waals surface area contributed by atoms with Crippen molar-refractivity contribution in [2.45, 2.75) is 50.0 Å². The Bertz CT molecular complexity index is 1520. The van der Waals surface area contributed by atoms with Crippen molar-refractivity contribution in [1.29, 1.82) is 0 Å². The summed E-state index contributed by atoms with van der Waals surface area (Å²) in [6, 6.07) is 18.8. The van der Waals surface area contributed by atoms with Gasteiger partial charge < -0.3 is 30.3 Å². The van der Waals surface area contributed by atoms with Crippen molar-refractivity contribution < 1.29 is 19.7 Å². The lowest BCUT2D eigenvalue weighted by Crippen LogP contribution is -2.29. The van der Waals surface area contributed by atoms with Crippen molar-refractivity contribution in [2.75, 3.05) is 27.3 Å². The molecule has 2 saturated heterocycles. The van der Waals surface area contributed by atoms with Crippen LogP contribution in [0.15, 0.2) is 60.7 Å². The van der Waals surface area contributed by atoms with Gasteiger partial charge in [-0.05, 0) is 63.0 Å². The minimum Gasteiger partial charge on any atom is -0.481 e. The predicted molar refractivity (Wildman–Crippen MR) is 173 cm³/mol. The molecule has 8 nitrogen and oxygen atoms in total. The molecular formula is C34H36Cl2N4O4. The molecule has 2 aromatic carbocycles. The second-order valence-corrected chi connectivity index (χ2v) is 12.0. The van der Waals surface area contributed by atoms with E-state index in [1.165, 1.54) is 0 Å². The topological polar surface area (TPSA) is 109 Å². The number of aliphatic hydroxyl groups is 2. The molecule has 4 atom stereocenters. The molecule has 4 aromatic rings. The van der Waals surface area contributed by atoms with E-state index in [1.807, 2.05) is 60.7 Å². The van der Waals surface area contributed by atoms with Gasteiger partial charge in [-0.1, -0.05) is 59.6 Å². The van der Waals surface area contributed by atoms with Gasteiger partial charge >= 0.3 is 0 Å². The second-order valence-electron chi connectivity index (χ2n) is 11.2. The van der Waals surface area contributed by atoms with Gasteiger partial charge in [-0.25, -0.2) is 9.97 Å². The highest BCUT2D eigenvalue weighted by atomic mass is 35.5. The van der Waals surface area contributed by atoms with Crippen molar-refractivity contribution in [3.8, 4) is 45.4 Å². The van der Waals surface area contributed by atoms with Crippen LogP contribution in [0.5, 0.6) is 11.8 Å². The zero-order valence-corrected chi connectivity index (χ0v) is 26.2. The summed E-state index contributed by atoms with van der Waals surface area (Å²) in [7, 11) is 3.10. The zero-order chi connectivity index (χ0) is 30.8. The van der Waals surface area contributed by atoms with E-state index < -0.39 is 12.2 Å². The van der Waals surface area contributed by atoms with Crippen molar-refractivity contribution in [2.24, 2.45) is 0 Å². The van der Waals surface area contributed by atoms with Gasteiger partial charge in [-0.15, -0.1) is 0 Å². The summed E-state index contributed by atoms with van der Waals surface area (Å²) in [6.45, 7) is 1.77. The van der Waals surface area contributed by atoms with Gasteiger partial charge in [0.2, 0.25) is 11.8 Å². The largest absolute Gasteiger partial charge is 0.481 e. The van der Waals surface area contributed by atoms with E-state index in [1.54, 1.807) is 14.2 Å². The first-order chi connectivity index (χ1) is 21.4. The van der Waals surface area contributed by atoms with Crippen LogP contribution in [0.25, 0.3) is 33.6 Å². The van der Waals surface area contributed by atoms with Crippen molar-refractivity contribution in [3.05, 3.63) is 81.8 Å². The number of pyridine rings is 2. The monoisotopic (exact) mass is 634 g/mol. The van der Waals surface area contributed by atoms with Crippen molar-refractivity contribution in [1.82, 2.24) is 20.6 Å². The number of ether oxygens (including phenoxy) is 2. The molecule has 2 aromatic heterocycles. The van der Waals surface area contributed by atoms with Gasteiger partial charge in [0.15, 0.2) is 0 Å². The molecule has 0 amide bonds. The lowest BCUT2D eigenvalue weighted by atomic mass is 9.97. The van der Waals surface area contributed by atoms with E-state index in [9.17, 15) is 10.2 Å². The van der Waals surface area contributed by atoms with Gasteiger partial charge in [-0.3, -0.25) is 0 Å². The molecule has 4 N–H and O–H groups in total. The summed E-state index contributed by atoms with van der Waals surface area (Å²) in [4.78, 5) is 9.46. The predicted octanol–water partition coefficient (Wildman–Crippen LogP) is 6.37. The maximum Gasteiger partial charge on any atom is 0.219 e. The fraction of sp³-hybridized carbons (Fsp3) is 0.353. The van der Waals surface area contributed by atoms with E-state index >= 15 is 0 Å². The van der Waals surface area contributed by atoms with Crippen LogP contribution in [0.2, 0.25) is 10.0 Å². The number of aromatic nitrogens is 2. The Hall–Kier alpha value is -3.24. The maximum absolute atomic E-state index is 11.0. The molecule has 0 spiro atoms. The van der Waals surface area contributed by atoms with Crippen LogP contribution < -0.4 is 20.1 Å². The number of halogens is 2. The summed E-state index contributed by atoms with van der Waals surface area (Å²) in [6.07, 6.45) is 2.40. The number of aliphatic hydroxyl groups excluding tert-OH is 2. The van der Waals surface area contributed by atoms with Gasteiger partial charge in [0.05, 0.1) is 47.9 Å². The SMILES string of the molecule is COc1nc(-c2cccc(-c3cccc(-c4ccc([C@@H](O)[C@H]5CCCN5)c(OC)n4)c3Cl)c2Cl)ccc1[C@@H](O)[C@H]1CCCN1. The molecule has 2 aliphatic heterocycles. The van der Waals surface area contributed by atoms with E-state index in [4.69, 9.17) is 42.6 Å². The number of rotatable bonds is 9. The lowest BCUT2D eigenvalue weighted by Gasteiger charge is -2.21. The molecule has 0 bridgehead atoms. The first-order valence-corrected chi connectivity index (χ1v) is 15.7. The van der Waals surface area contributed by atoms with Gasteiger partial charge in [0, 0.05) is 45.5 Å². The highest BCUT2D eigenvalue weighted by Gasteiger charge is 2.29. The molecule has 230 valence electrons. The van der Waals surface area contributed by atoms with Crippen LogP contribution in [0.3, 0.4) is 0 Å². The molecule has 0 aliphatic carbocycles. The Labute approximate surface area is 267 Å². The number of benzene rings is 2. The average molecular weight is 636 g/mol. The molecular weight excluding hydrogens is 599 g/mol. The number of hydrogen-bond acceptors (Lipinski definition) is 8. The normalized spacial score (nSPS) is 19.6. The van der Waals surface area contributed by atoms with Crippen LogP contribution in [-0.4, -0.2) is 59.6 Å². The second kappa shape index (κ2) is 13.4. The minimum absolute atomic E-state index is 0.0297. The highest BCUT2D eigenvalue weighted by molar-refractivity contribution is 6.39. The summed E-state index contributed by atoms with van der Waals surface area (Å²) < 4.78 is 11.2. The molecule has 0 unspecified atom stereocenters. The summed E-state index contributed by atoms with van der Waals surface area (Å²) in [5.74, 6) is 0.727. The number of nitrogens with zero attached hydrogens (tertiary/aromatic N) is 2. The third kappa shape index (κ3) is 5.90. The number of nitrogens with one attached hydrogen (secondary N) is 2. The van der Waals surface area contributed by atoms with Crippen LogP contribution >= 0.6 is 23.2 Å². The van der Waals surface area contributed by atoms with E-state index in [-0.39, 0.29) is 12.1 Å². The molecule has 4 heterocycles. The molecule has 2 aliphatic rings. The van der Waals surface area contributed by atoms with Crippen molar-refractivity contribution in [3.63, 3.8) is 0 Å². The Morgan fingerprint density at radius 2 is 1.07 bits per heavy atom. The van der Waals surface area contributed by atoms with Gasteiger partial charge in [-0.2, -0.15) is 0 Å². The molecule has 0 radical (unpaired) electrons. The number of hydrogen-bond donors (Lipinski definition) is 4. The maximum atomic E-state index is 11.0. The fourth-order valence-electron chi connectivity index (χ4n) is 6.25. The third-order valence-electron chi connectivity index (χ3n) is 8.60. The standard InChI is InChI=1S/C34H36Cl2N4O4/c1-43-33-23(31(41)27-11-5-17-37-27)13-15-25(39-33)21-9-3-7-19(29(21)35)20-8-4-10-22(30(20)36)26-16-14-24(34(40-26)44-2)32(42)28-12-6-18-38-28/h3-4,7-10,13-16,27-28,31-32,37-38,41-42H,5-6,11-12,17-18H2,1-2H3/t27-,28-,31-,32-/m1/s1. The molecule has 10 heteroatoms. The molecule has 6 rings (SSSR count). The molecule has 2 fully saturated rings. The van der Waals surface area contributed by atoms with Crippen LogP contribution in [0, 0.1) is 0 Å². The summed E-state index contributed by atoms with van der Waals surface area (Å²) in [5, 5.41) is 29.6. The van der Waals surface area contributed by atoms with Crippen LogP contribution in [-0.2, 0) is 0 Å². The zero-order valence-electron chi connectivity index (χ0n) is 24.7. The van der Waals surface area contributed by atoms with E-state index in [0.717, 1.165) is 49.9 Å². The minimum atomic E-state index is -0.721. The third-order valence-corrected chi connectivity index (χ3v) is 9.42. The Morgan fingerprint density at radius 1 is 0.659 bits per heavy atom. The quantitative estimate of drug-likeness (QED) is 0.168. The lowest BCUT2D eigenvalue weighted by molar-refractivity contribution is 0.133. The first-order valence-electron chi connectivity index (χ1n) is 14.9. The highest BCUT2D eigenvalue weighted by Crippen LogP contribution is 2.43. The average Bonchev–Trinajstić information content (AvgIpc) is 3.80. The van der Waals surface area contributed by atoms with E-state index in [0.29, 0.717) is 55.4 Å². The van der Waals surface area contributed by atoms with Crippen LogP contribution in [0.4, 0.5) is 0 Å². The van der Waals surface area contributed by atoms with E-state index in [2.05, 4.69) is 10.6 Å². The smallest absolute Gasteiger partial charge is 0.219 e. The summed E-state index contributed by atoms with van der Waals surface area (Å²) in [5.41, 5.74) is 5.41. The fourth-order valence-corrected chi connectivity index (χ4v) is 6.90. The van der Waals surface area contributed by atoms with Crippen LogP contribution in [0.1, 0.15) is 49.0 Å². The van der Waals surface area contributed by atoms with Gasteiger partial charge in [0.1, 0.15) is 0 Å². The molecule has 0 saturated carbocycles. The first kappa shape index (κ1) is 30.8. The molecule has 44 heavy (non-hydrogen) atoms.